The first-order chi connectivity index (χ1) is 13.4. The monoisotopic (exact) mass is 439 g/mol. The standard InChI is InChI=1S/C19H22ClN3O3S2/c1-14(27-18-7-3-4-10-21-18)19(24)22-17-13-15(8-9-16(17)20)28(25,26)23-11-5-2-6-12-23/h3-4,7-10,13-14H,2,5-6,11-12H2,1H3,(H,22,24). The molecule has 1 aliphatic heterocycles. The number of aromatic nitrogens is 1. The average Bonchev–Trinajstić information content (AvgIpc) is 2.71. The number of nitrogens with one attached hydrogen (secondary N) is 1. The van der Waals surface area contributed by atoms with Gasteiger partial charge in [-0.3, -0.25) is 4.79 Å². The van der Waals surface area contributed by atoms with Gasteiger partial charge in [0.1, 0.15) is 0 Å². The number of carbonyl (C=O) groups is 1. The first-order valence-corrected chi connectivity index (χ1v) is 11.8. The molecule has 150 valence electrons. The first-order valence-electron chi connectivity index (χ1n) is 9.06. The third kappa shape index (κ3) is 5.05. The molecule has 6 nitrogen and oxygen atoms in total. The van der Waals surface area contributed by atoms with E-state index in [9.17, 15) is 13.2 Å². The number of hydrogen-bond acceptors (Lipinski definition) is 5. The van der Waals surface area contributed by atoms with Crippen LogP contribution in [0.15, 0.2) is 52.5 Å². The van der Waals surface area contributed by atoms with Gasteiger partial charge < -0.3 is 5.32 Å². The van der Waals surface area contributed by atoms with Crippen molar-refractivity contribution in [3.8, 4) is 0 Å². The fraction of sp³-hybridized carbons (Fsp3) is 0.368. The molecule has 1 N–H and O–H groups in total. The van der Waals surface area contributed by atoms with Gasteiger partial charge in [0.25, 0.3) is 0 Å². The predicted octanol–water partition coefficient (Wildman–Crippen LogP) is 4.03. The molecule has 0 bridgehead atoms. The van der Waals surface area contributed by atoms with Gasteiger partial charge in [-0.15, -0.1) is 0 Å². The lowest BCUT2D eigenvalue weighted by atomic mass is 10.2. The Hall–Kier alpha value is -1.61. The highest BCUT2D eigenvalue weighted by Crippen LogP contribution is 2.29. The van der Waals surface area contributed by atoms with Gasteiger partial charge in [-0.1, -0.05) is 35.9 Å². The van der Waals surface area contributed by atoms with Crippen molar-refractivity contribution in [3.05, 3.63) is 47.6 Å². The minimum absolute atomic E-state index is 0.138. The van der Waals surface area contributed by atoms with E-state index < -0.39 is 15.3 Å². The van der Waals surface area contributed by atoms with Crippen molar-refractivity contribution >= 4 is 45.0 Å². The molecular formula is C19H22ClN3O3S2. The molecule has 0 aliphatic carbocycles. The Balaban J connectivity index is 1.75. The molecule has 0 spiro atoms. The lowest BCUT2D eigenvalue weighted by molar-refractivity contribution is -0.115. The summed E-state index contributed by atoms with van der Waals surface area (Å²) in [6, 6.07) is 9.91. The van der Waals surface area contributed by atoms with E-state index in [-0.39, 0.29) is 10.8 Å². The molecule has 28 heavy (non-hydrogen) atoms. The van der Waals surface area contributed by atoms with E-state index in [4.69, 9.17) is 11.6 Å². The summed E-state index contributed by atoms with van der Waals surface area (Å²) in [7, 11) is -3.60. The molecule has 0 radical (unpaired) electrons. The highest BCUT2D eigenvalue weighted by atomic mass is 35.5. The number of halogens is 1. The molecule has 3 rings (SSSR count). The summed E-state index contributed by atoms with van der Waals surface area (Å²) >= 11 is 7.52. The molecule has 1 aromatic heterocycles. The van der Waals surface area contributed by atoms with Crippen LogP contribution in [-0.4, -0.2) is 42.0 Å². The summed E-state index contributed by atoms with van der Waals surface area (Å²) < 4.78 is 27.2. The van der Waals surface area contributed by atoms with E-state index in [0.29, 0.717) is 23.8 Å². The molecule has 2 heterocycles. The zero-order chi connectivity index (χ0) is 20.1. The fourth-order valence-corrected chi connectivity index (χ4v) is 5.42. The molecule has 1 aliphatic rings. The van der Waals surface area contributed by atoms with E-state index in [1.54, 1.807) is 13.1 Å². The summed E-state index contributed by atoms with van der Waals surface area (Å²) in [4.78, 5) is 16.9. The van der Waals surface area contributed by atoms with Crippen LogP contribution >= 0.6 is 23.4 Å². The number of amides is 1. The van der Waals surface area contributed by atoms with E-state index >= 15 is 0 Å². The molecule has 1 atom stereocenters. The van der Waals surface area contributed by atoms with Crippen molar-refractivity contribution in [1.29, 1.82) is 0 Å². The largest absolute Gasteiger partial charge is 0.324 e. The zero-order valence-electron chi connectivity index (χ0n) is 15.5. The smallest absolute Gasteiger partial charge is 0.243 e. The molecule has 9 heteroatoms. The summed E-state index contributed by atoms with van der Waals surface area (Å²) in [5.74, 6) is -0.273. The number of hydrogen-bond donors (Lipinski definition) is 1. The van der Waals surface area contributed by atoms with Gasteiger partial charge >= 0.3 is 0 Å². The van der Waals surface area contributed by atoms with Crippen LogP contribution in [0, 0.1) is 0 Å². The maximum Gasteiger partial charge on any atom is 0.243 e. The normalized spacial score (nSPS) is 16.5. The minimum Gasteiger partial charge on any atom is -0.324 e. The molecule has 1 fully saturated rings. The van der Waals surface area contributed by atoms with Gasteiger partial charge in [0.15, 0.2) is 0 Å². The van der Waals surface area contributed by atoms with Crippen molar-refractivity contribution in [2.75, 3.05) is 18.4 Å². The van der Waals surface area contributed by atoms with Crippen LogP contribution in [0.1, 0.15) is 26.2 Å². The molecule has 1 unspecified atom stereocenters. The lowest BCUT2D eigenvalue weighted by Crippen LogP contribution is -2.35. The summed E-state index contributed by atoms with van der Waals surface area (Å²) in [5, 5.41) is 3.35. The van der Waals surface area contributed by atoms with Crippen LogP contribution in [0.25, 0.3) is 0 Å². The summed E-state index contributed by atoms with van der Waals surface area (Å²) in [6.45, 7) is 2.80. The van der Waals surface area contributed by atoms with E-state index in [2.05, 4.69) is 10.3 Å². The number of rotatable bonds is 6. The Morgan fingerprint density at radius 1 is 1.21 bits per heavy atom. The van der Waals surface area contributed by atoms with Gasteiger partial charge in [-0.2, -0.15) is 4.31 Å². The fourth-order valence-electron chi connectivity index (χ4n) is 2.90. The van der Waals surface area contributed by atoms with Crippen LogP contribution in [0.3, 0.4) is 0 Å². The van der Waals surface area contributed by atoms with Crippen molar-refractivity contribution in [3.63, 3.8) is 0 Å². The number of anilines is 1. The van der Waals surface area contributed by atoms with E-state index in [1.165, 1.54) is 34.3 Å². The highest BCUT2D eigenvalue weighted by molar-refractivity contribution is 8.00. The van der Waals surface area contributed by atoms with E-state index in [1.807, 2.05) is 18.2 Å². The Kier molecular flexibility index (Phi) is 6.98. The van der Waals surface area contributed by atoms with Crippen LogP contribution in [0.4, 0.5) is 5.69 Å². The lowest BCUT2D eigenvalue weighted by Gasteiger charge is -2.26. The second kappa shape index (κ2) is 9.26. The number of benzene rings is 1. The number of thioether (sulfide) groups is 1. The maximum absolute atomic E-state index is 12.9. The number of nitrogens with zero attached hydrogens (tertiary/aromatic N) is 2. The topological polar surface area (TPSA) is 79.4 Å². The Morgan fingerprint density at radius 2 is 1.96 bits per heavy atom. The van der Waals surface area contributed by atoms with Gasteiger partial charge in [0.05, 0.1) is 25.9 Å². The van der Waals surface area contributed by atoms with E-state index in [0.717, 1.165) is 24.3 Å². The van der Waals surface area contributed by atoms with Gasteiger partial charge in [0, 0.05) is 19.3 Å². The molecule has 1 aromatic carbocycles. The molecular weight excluding hydrogens is 418 g/mol. The summed E-state index contributed by atoms with van der Waals surface area (Å²) in [6.07, 6.45) is 4.43. The molecule has 2 aromatic rings. The second-order valence-corrected chi connectivity index (χ2v) is 10.2. The van der Waals surface area contributed by atoms with Crippen LogP contribution in [0.5, 0.6) is 0 Å². The molecule has 1 amide bonds. The van der Waals surface area contributed by atoms with Gasteiger partial charge in [-0.05, 0) is 50.1 Å². The SMILES string of the molecule is CC(Sc1ccccn1)C(=O)Nc1cc(S(=O)(=O)N2CCCCC2)ccc1Cl. The zero-order valence-corrected chi connectivity index (χ0v) is 17.9. The van der Waals surface area contributed by atoms with Crippen LogP contribution in [-0.2, 0) is 14.8 Å². The third-order valence-corrected chi connectivity index (χ3v) is 7.73. The van der Waals surface area contributed by atoms with Crippen molar-refractivity contribution in [2.45, 2.75) is 41.4 Å². The van der Waals surface area contributed by atoms with Crippen LogP contribution < -0.4 is 5.32 Å². The first kappa shape index (κ1) is 21.1. The van der Waals surface area contributed by atoms with Crippen LogP contribution in [0.2, 0.25) is 5.02 Å². The van der Waals surface area contributed by atoms with Crippen molar-refractivity contribution < 1.29 is 13.2 Å². The minimum atomic E-state index is -3.60. The average molecular weight is 440 g/mol. The number of carbonyl (C=O) groups excluding carboxylic acids is 1. The third-order valence-electron chi connectivity index (χ3n) is 4.45. The Bertz CT molecular complexity index is 933. The van der Waals surface area contributed by atoms with Crippen molar-refractivity contribution in [2.24, 2.45) is 0 Å². The van der Waals surface area contributed by atoms with Crippen molar-refractivity contribution in [1.82, 2.24) is 9.29 Å². The summed E-state index contributed by atoms with van der Waals surface area (Å²) in [5.41, 5.74) is 0.290. The number of piperidine rings is 1. The Labute approximate surface area is 174 Å². The molecule has 0 saturated carbocycles. The Morgan fingerprint density at radius 3 is 2.64 bits per heavy atom. The predicted molar refractivity (Wildman–Crippen MR) is 112 cm³/mol. The molecule has 1 saturated heterocycles. The maximum atomic E-state index is 12.9. The number of sulfonamides is 1. The quantitative estimate of drug-likeness (QED) is 0.687. The second-order valence-electron chi connectivity index (χ2n) is 6.52. The van der Waals surface area contributed by atoms with Gasteiger partial charge in [-0.25, -0.2) is 13.4 Å². The number of pyridine rings is 1. The highest BCUT2D eigenvalue weighted by Gasteiger charge is 2.27. The van der Waals surface area contributed by atoms with Gasteiger partial charge in [0.2, 0.25) is 15.9 Å².